The molecule has 2 aromatic rings. The number of hydrogen-bond acceptors (Lipinski definition) is 5. The van der Waals surface area contributed by atoms with Crippen LogP contribution in [0.15, 0.2) is 30.6 Å². The second-order valence-electron chi connectivity index (χ2n) is 5.28. The van der Waals surface area contributed by atoms with Crippen LogP contribution < -0.4 is 5.32 Å². The van der Waals surface area contributed by atoms with Gasteiger partial charge in [-0.3, -0.25) is 4.79 Å². The molecule has 7 heteroatoms. The van der Waals surface area contributed by atoms with Gasteiger partial charge in [-0.05, 0) is 24.6 Å². The summed E-state index contributed by atoms with van der Waals surface area (Å²) in [5.41, 5.74) is 2.24. The molecule has 1 aromatic carbocycles. The van der Waals surface area contributed by atoms with Crippen molar-refractivity contribution in [2.45, 2.75) is 6.92 Å². The van der Waals surface area contributed by atoms with E-state index in [0.29, 0.717) is 42.8 Å². The average molecular weight is 333 g/mol. The van der Waals surface area contributed by atoms with Crippen molar-refractivity contribution in [1.82, 2.24) is 14.9 Å². The number of aryl methyl sites for hydroxylation is 1. The third kappa shape index (κ3) is 3.78. The zero-order chi connectivity index (χ0) is 16.2. The number of carbonyl (C=O) groups excluding carboxylic acids is 1. The van der Waals surface area contributed by atoms with Crippen molar-refractivity contribution in [1.29, 1.82) is 0 Å². The van der Waals surface area contributed by atoms with Gasteiger partial charge in [-0.2, -0.15) is 0 Å². The molecule has 0 unspecified atom stereocenters. The van der Waals surface area contributed by atoms with E-state index >= 15 is 0 Å². The third-order valence-electron chi connectivity index (χ3n) is 3.63. The smallest absolute Gasteiger partial charge is 0.274 e. The van der Waals surface area contributed by atoms with Crippen molar-refractivity contribution >= 4 is 29.0 Å². The highest BCUT2D eigenvalue weighted by Gasteiger charge is 2.19. The Bertz CT molecular complexity index is 700. The van der Waals surface area contributed by atoms with Crippen LogP contribution in [0.2, 0.25) is 5.02 Å². The van der Waals surface area contributed by atoms with E-state index < -0.39 is 0 Å². The highest BCUT2D eigenvalue weighted by molar-refractivity contribution is 6.30. The SMILES string of the molecule is Cc1ccc(Cl)cc1Nc1cnc(C(=O)N2CCOCC2)cn1. The number of aromatic nitrogens is 2. The van der Waals surface area contributed by atoms with Gasteiger partial charge in [-0.25, -0.2) is 9.97 Å². The van der Waals surface area contributed by atoms with E-state index in [9.17, 15) is 4.79 Å². The van der Waals surface area contributed by atoms with Crippen LogP contribution in [0.5, 0.6) is 0 Å². The second-order valence-corrected chi connectivity index (χ2v) is 5.71. The highest BCUT2D eigenvalue weighted by atomic mass is 35.5. The Balaban J connectivity index is 1.71. The van der Waals surface area contributed by atoms with Crippen LogP contribution >= 0.6 is 11.6 Å². The fourth-order valence-electron chi connectivity index (χ4n) is 2.30. The number of ether oxygens (including phenoxy) is 1. The molecule has 6 nitrogen and oxygen atoms in total. The summed E-state index contributed by atoms with van der Waals surface area (Å²) in [5, 5.41) is 3.80. The minimum Gasteiger partial charge on any atom is -0.378 e. The molecular weight excluding hydrogens is 316 g/mol. The molecule has 1 amide bonds. The quantitative estimate of drug-likeness (QED) is 0.936. The maximum Gasteiger partial charge on any atom is 0.274 e. The molecule has 1 N–H and O–H groups in total. The normalized spacial score (nSPS) is 14.6. The number of nitrogens with one attached hydrogen (secondary N) is 1. The molecule has 1 fully saturated rings. The first-order chi connectivity index (χ1) is 11.1. The molecule has 2 heterocycles. The van der Waals surface area contributed by atoms with Crippen LogP contribution in [0.4, 0.5) is 11.5 Å². The number of halogens is 1. The van der Waals surface area contributed by atoms with Crippen molar-refractivity contribution in [3.8, 4) is 0 Å². The fourth-order valence-corrected chi connectivity index (χ4v) is 2.47. The standard InChI is InChI=1S/C16H17ClN4O2/c1-11-2-3-12(17)8-13(11)20-15-10-18-14(9-19-15)16(22)21-4-6-23-7-5-21/h2-3,8-10H,4-7H2,1H3,(H,19,20). The Kier molecular flexibility index (Phi) is 4.73. The van der Waals surface area contributed by atoms with E-state index in [-0.39, 0.29) is 5.91 Å². The number of amides is 1. The summed E-state index contributed by atoms with van der Waals surface area (Å²) in [4.78, 5) is 22.5. The molecule has 0 spiro atoms. The van der Waals surface area contributed by atoms with E-state index in [0.717, 1.165) is 11.3 Å². The van der Waals surface area contributed by atoms with Crippen molar-refractivity contribution < 1.29 is 9.53 Å². The van der Waals surface area contributed by atoms with Crippen LogP contribution in [0.25, 0.3) is 0 Å². The fraction of sp³-hybridized carbons (Fsp3) is 0.312. The maximum atomic E-state index is 12.3. The van der Waals surface area contributed by atoms with Crippen molar-refractivity contribution in [2.75, 3.05) is 31.6 Å². The van der Waals surface area contributed by atoms with E-state index in [1.54, 1.807) is 11.1 Å². The van der Waals surface area contributed by atoms with Gasteiger partial charge in [0.15, 0.2) is 0 Å². The zero-order valence-corrected chi connectivity index (χ0v) is 13.5. The van der Waals surface area contributed by atoms with Crippen molar-refractivity contribution in [3.63, 3.8) is 0 Å². The Morgan fingerprint density at radius 1 is 1.26 bits per heavy atom. The summed E-state index contributed by atoms with van der Waals surface area (Å²) >= 11 is 6.00. The maximum absolute atomic E-state index is 12.3. The van der Waals surface area contributed by atoms with E-state index in [4.69, 9.17) is 16.3 Å². The van der Waals surface area contributed by atoms with Gasteiger partial charge < -0.3 is 15.0 Å². The third-order valence-corrected chi connectivity index (χ3v) is 3.87. The summed E-state index contributed by atoms with van der Waals surface area (Å²) in [7, 11) is 0. The second kappa shape index (κ2) is 6.93. The highest BCUT2D eigenvalue weighted by Crippen LogP contribution is 2.23. The summed E-state index contributed by atoms with van der Waals surface area (Å²) in [6, 6.07) is 5.58. The lowest BCUT2D eigenvalue weighted by Gasteiger charge is -2.26. The Morgan fingerprint density at radius 2 is 2.04 bits per heavy atom. The van der Waals surface area contributed by atoms with E-state index in [1.165, 1.54) is 6.20 Å². The van der Waals surface area contributed by atoms with Gasteiger partial charge in [0, 0.05) is 23.8 Å². The zero-order valence-electron chi connectivity index (χ0n) is 12.8. The van der Waals surface area contributed by atoms with Gasteiger partial charge in [0.1, 0.15) is 11.5 Å². The molecule has 120 valence electrons. The van der Waals surface area contributed by atoms with Gasteiger partial charge in [0.05, 0.1) is 25.6 Å². The molecule has 1 aliphatic heterocycles. The predicted octanol–water partition coefficient (Wildman–Crippen LogP) is 2.65. The van der Waals surface area contributed by atoms with Crippen LogP contribution in [0, 0.1) is 6.92 Å². The number of morpholine rings is 1. The topological polar surface area (TPSA) is 67.4 Å². The first kappa shape index (κ1) is 15.7. The monoisotopic (exact) mass is 332 g/mol. The summed E-state index contributed by atoms with van der Waals surface area (Å²) in [6.07, 6.45) is 3.04. The summed E-state index contributed by atoms with van der Waals surface area (Å²) < 4.78 is 5.24. The van der Waals surface area contributed by atoms with Crippen LogP contribution in [-0.2, 0) is 4.74 Å². The summed E-state index contributed by atoms with van der Waals surface area (Å²) in [6.45, 7) is 4.27. The van der Waals surface area contributed by atoms with E-state index in [1.807, 2.05) is 25.1 Å². The molecule has 1 saturated heterocycles. The molecule has 1 aromatic heterocycles. The molecule has 0 saturated carbocycles. The Hall–Kier alpha value is -2.18. The lowest BCUT2D eigenvalue weighted by molar-refractivity contribution is 0.0298. The van der Waals surface area contributed by atoms with Gasteiger partial charge in [0.25, 0.3) is 5.91 Å². The number of benzene rings is 1. The number of hydrogen-bond donors (Lipinski definition) is 1. The minimum absolute atomic E-state index is 0.119. The number of rotatable bonds is 3. The predicted molar refractivity (Wildman–Crippen MR) is 88.2 cm³/mol. The minimum atomic E-state index is -0.119. The van der Waals surface area contributed by atoms with Crippen molar-refractivity contribution in [3.05, 3.63) is 46.9 Å². The first-order valence-electron chi connectivity index (χ1n) is 7.36. The van der Waals surface area contributed by atoms with Gasteiger partial charge in [-0.15, -0.1) is 0 Å². The van der Waals surface area contributed by atoms with Gasteiger partial charge in [0.2, 0.25) is 0 Å². The first-order valence-corrected chi connectivity index (χ1v) is 7.73. The van der Waals surface area contributed by atoms with Crippen LogP contribution in [0.3, 0.4) is 0 Å². The molecular formula is C16H17ClN4O2. The Labute approximate surface area is 139 Å². The molecule has 0 radical (unpaired) electrons. The number of nitrogens with zero attached hydrogens (tertiary/aromatic N) is 3. The Morgan fingerprint density at radius 3 is 2.74 bits per heavy atom. The lowest BCUT2D eigenvalue weighted by Crippen LogP contribution is -2.41. The molecule has 1 aliphatic rings. The van der Waals surface area contributed by atoms with E-state index in [2.05, 4.69) is 15.3 Å². The number of carbonyl (C=O) groups is 1. The average Bonchev–Trinajstić information content (AvgIpc) is 2.59. The van der Waals surface area contributed by atoms with Crippen molar-refractivity contribution in [2.24, 2.45) is 0 Å². The molecule has 23 heavy (non-hydrogen) atoms. The lowest BCUT2D eigenvalue weighted by atomic mass is 10.2. The molecule has 0 aliphatic carbocycles. The van der Waals surface area contributed by atoms with Crippen LogP contribution in [-0.4, -0.2) is 47.1 Å². The number of anilines is 2. The summed E-state index contributed by atoms with van der Waals surface area (Å²) in [5.74, 6) is 0.445. The molecule has 3 rings (SSSR count). The van der Waals surface area contributed by atoms with Gasteiger partial charge >= 0.3 is 0 Å². The molecule has 0 atom stereocenters. The largest absolute Gasteiger partial charge is 0.378 e. The van der Waals surface area contributed by atoms with Crippen LogP contribution in [0.1, 0.15) is 16.1 Å². The van der Waals surface area contributed by atoms with Gasteiger partial charge in [-0.1, -0.05) is 17.7 Å². The molecule has 0 bridgehead atoms.